The van der Waals surface area contributed by atoms with E-state index in [0.717, 1.165) is 94.5 Å². The van der Waals surface area contributed by atoms with E-state index in [1.165, 1.54) is 22.6 Å². The Labute approximate surface area is 268 Å². The monoisotopic (exact) mass is 610 g/mol. The molecule has 4 amide bonds. The molecule has 0 N–H and O–H groups in total. The van der Waals surface area contributed by atoms with Gasteiger partial charge in [-0.3, -0.25) is 29.0 Å². The third-order valence-electron chi connectivity index (χ3n) is 12.2. The summed E-state index contributed by atoms with van der Waals surface area (Å²) in [4.78, 5) is 59.4. The molecule has 2 heterocycles. The summed E-state index contributed by atoms with van der Waals surface area (Å²) < 4.78 is 0. The van der Waals surface area contributed by atoms with Crippen LogP contribution in [0.3, 0.4) is 0 Å². The van der Waals surface area contributed by atoms with Crippen LogP contribution in [-0.4, -0.2) is 45.5 Å². The van der Waals surface area contributed by atoms with Crippen molar-refractivity contribution < 1.29 is 19.2 Å². The summed E-state index contributed by atoms with van der Waals surface area (Å²) >= 11 is 0. The lowest BCUT2D eigenvalue weighted by Gasteiger charge is -2.38. The molecule has 2 aliphatic heterocycles. The number of carbonyl (C=O) groups excluding carboxylic acids is 4. The Balaban J connectivity index is 1.22. The zero-order chi connectivity index (χ0) is 31.4. The van der Waals surface area contributed by atoms with Gasteiger partial charge in [0.25, 0.3) is 23.6 Å². The molecule has 0 spiro atoms. The summed E-state index contributed by atoms with van der Waals surface area (Å²) in [6.45, 7) is 4.07. The van der Waals surface area contributed by atoms with Gasteiger partial charge in [0.1, 0.15) is 0 Å². The molecule has 0 radical (unpaired) electrons. The van der Waals surface area contributed by atoms with Crippen LogP contribution in [0.2, 0.25) is 0 Å². The molecule has 2 fully saturated rings. The van der Waals surface area contributed by atoms with E-state index < -0.39 is 0 Å². The van der Waals surface area contributed by atoms with Crippen LogP contribution in [0.25, 0.3) is 43.1 Å². The third-order valence-corrected chi connectivity index (χ3v) is 12.2. The van der Waals surface area contributed by atoms with Crippen LogP contribution in [-0.2, 0) is 0 Å². The Hall–Kier alpha value is -4.32. The Morgan fingerprint density at radius 2 is 0.717 bits per heavy atom. The van der Waals surface area contributed by atoms with Crippen molar-refractivity contribution in [2.75, 3.05) is 0 Å². The van der Waals surface area contributed by atoms with Gasteiger partial charge < -0.3 is 0 Å². The smallest absolute Gasteiger partial charge is 0.261 e. The van der Waals surface area contributed by atoms with Crippen molar-refractivity contribution in [1.29, 1.82) is 0 Å². The zero-order valence-electron chi connectivity index (χ0n) is 26.5. The number of rotatable bonds is 4. The SMILES string of the molecule is CC(C1CCCCC1)N1C(=O)c2ccc3c4ccc5c6c(ccc(c7ccc(c2c37)C1=O)c64)C(=O)N(C(C)C1CCCCC1)C5=O. The van der Waals surface area contributed by atoms with Gasteiger partial charge in [-0.2, -0.15) is 0 Å². The predicted molar refractivity (Wildman–Crippen MR) is 181 cm³/mol. The summed E-state index contributed by atoms with van der Waals surface area (Å²) in [6.07, 6.45) is 11.2. The van der Waals surface area contributed by atoms with E-state index in [1.54, 1.807) is 0 Å². The quantitative estimate of drug-likeness (QED) is 0.116. The molecular formula is C40H38N2O4. The maximum Gasteiger partial charge on any atom is 0.261 e. The molecular weight excluding hydrogens is 572 g/mol. The van der Waals surface area contributed by atoms with Crippen LogP contribution in [0.1, 0.15) is 119 Å². The number of hydrogen-bond donors (Lipinski definition) is 0. The Morgan fingerprint density at radius 1 is 0.435 bits per heavy atom. The molecule has 0 aromatic heterocycles. The average molecular weight is 611 g/mol. The van der Waals surface area contributed by atoms with Crippen LogP contribution in [0.5, 0.6) is 0 Å². The van der Waals surface area contributed by atoms with Crippen molar-refractivity contribution in [2.24, 2.45) is 11.8 Å². The molecule has 0 bridgehead atoms. The molecule has 232 valence electrons. The van der Waals surface area contributed by atoms with E-state index in [1.807, 2.05) is 62.4 Å². The summed E-state index contributed by atoms with van der Waals surface area (Å²) in [6, 6.07) is 15.2. The molecule has 46 heavy (non-hydrogen) atoms. The predicted octanol–water partition coefficient (Wildman–Crippen LogP) is 8.87. The van der Waals surface area contributed by atoms with Crippen molar-refractivity contribution in [3.8, 4) is 0 Å². The molecule has 5 aromatic carbocycles. The minimum absolute atomic E-state index is 0.150. The van der Waals surface area contributed by atoms with Gasteiger partial charge in [-0.25, -0.2) is 0 Å². The van der Waals surface area contributed by atoms with Gasteiger partial charge in [-0.1, -0.05) is 62.8 Å². The van der Waals surface area contributed by atoms with Crippen LogP contribution < -0.4 is 0 Å². The van der Waals surface area contributed by atoms with Gasteiger partial charge in [-0.15, -0.1) is 0 Å². The largest absolute Gasteiger partial charge is 0.271 e. The first-order valence-corrected chi connectivity index (χ1v) is 17.3. The second kappa shape index (κ2) is 10.1. The molecule has 5 aromatic rings. The molecule has 2 unspecified atom stereocenters. The highest BCUT2D eigenvalue weighted by atomic mass is 16.2. The first-order valence-electron chi connectivity index (χ1n) is 17.3. The van der Waals surface area contributed by atoms with Crippen LogP contribution >= 0.6 is 0 Å². The lowest BCUT2D eigenvalue weighted by molar-refractivity contribution is 0.0460. The first kappa shape index (κ1) is 27.9. The third kappa shape index (κ3) is 3.64. The fraction of sp³-hybridized carbons (Fsp3) is 0.400. The van der Waals surface area contributed by atoms with Crippen molar-refractivity contribution in [3.63, 3.8) is 0 Å². The van der Waals surface area contributed by atoms with Crippen molar-refractivity contribution in [3.05, 3.63) is 70.8 Å². The highest BCUT2D eigenvalue weighted by Crippen LogP contribution is 2.47. The van der Waals surface area contributed by atoms with Gasteiger partial charge in [0.2, 0.25) is 0 Å². The number of benzene rings is 5. The fourth-order valence-corrected chi connectivity index (χ4v) is 9.70. The second-order valence-corrected chi connectivity index (χ2v) is 14.4. The van der Waals surface area contributed by atoms with Gasteiger partial charge >= 0.3 is 0 Å². The topological polar surface area (TPSA) is 74.8 Å². The lowest BCUT2D eigenvalue weighted by Crippen LogP contribution is -2.49. The second-order valence-electron chi connectivity index (χ2n) is 14.4. The van der Waals surface area contributed by atoms with Crippen LogP contribution in [0, 0.1) is 11.8 Å². The van der Waals surface area contributed by atoms with E-state index in [4.69, 9.17) is 0 Å². The standard InChI is InChI=1S/C40H38N2O4/c1-21(23-9-5-3-6-10-23)41-37(43)29-17-13-25-27-15-19-31-36-32(40(46)42(39(31)45)22(2)24-11-7-4-8-12-24)20-16-28(34(27)36)26-14-18-30(38(41)44)35(29)33(25)26/h13-24H,3-12H2,1-2H3. The normalized spacial score (nSPS) is 21.0. The van der Waals surface area contributed by atoms with Gasteiger partial charge in [0, 0.05) is 45.1 Å². The van der Waals surface area contributed by atoms with Crippen LogP contribution in [0.15, 0.2) is 48.5 Å². The fourth-order valence-electron chi connectivity index (χ4n) is 9.70. The summed E-state index contributed by atoms with van der Waals surface area (Å²) in [5.41, 5.74) is 2.29. The number of nitrogens with zero attached hydrogens (tertiary/aromatic N) is 2. The molecule has 0 saturated heterocycles. The van der Waals surface area contributed by atoms with Gasteiger partial charge in [0.05, 0.1) is 0 Å². The number of fused-ring (bicyclic) bond motifs is 2. The zero-order valence-corrected chi connectivity index (χ0v) is 26.5. The van der Waals surface area contributed by atoms with Crippen molar-refractivity contribution in [2.45, 2.75) is 90.1 Å². The van der Waals surface area contributed by atoms with E-state index in [2.05, 4.69) is 0 Å². The average Bonchev–Trinajstić information content (AvgIpc) is 3.09. The molecule has 6 nitrogen and oxygen atoms in total. The number of imide groups is 2. The van der Waals surface area contributed by atoms with Crippen molar-refractivity contribution >= 4 is 66.7 Å². The van der Waals surface area contributed by atoms with E-state index >= 15 is 0 Å². The summed E-state index contributed by atoms with van der Waals surface area (Å²) in [5.74, 6) is -0.182. The maximum atomic E-state index is 14.1. The Kier molecular flexibility index (Phi) is 6.13. The van der Waals surface area contributed by atoms with E-state index in [-0.39, 0.29) is 35.7 Å². The first-order chi connectivity index (χ1) is 22.4. The summed E-state index contributed by atoms with van der Waals surface area (Å²) in [7, 11) is 0. The van der Waals surface area contributed by atoms with E-state index in [0.29, 0.717) is 34.1 Å². The Bertz CT molecular complexity index is 1880. The molecule has 4 aliphatic rings. The van der Waals surface area contributed by atoms with Crippen molar-refractivity contribution in [1.82, 2.24) is 9.80 Å². The molecule has 9 rings (SSSR count). The molecule has 2 atom stereocenters. The number of hydrogen-bond acceptors (Lipinski definition) is 4. The van der Waals surface area contributed by atoms with Gasteiger partial charge in [0.15, 0.2) is 0 Å². The highest BCUT2D eigenvalue weighted by Gasteiger charge is 2.42. The molecule has 6 heteroatoms. The number of carbonyl (C=O) groups is 4. The maximum absolute atomic E-state index is 14.1. The highest BCUT2D eigenvalue weighted by molar-refractivity contribution is 6.41. The molecule has 2 aliphatic carbocycles. The minimum atomic E-state index is -0.210. The Morgan fingerprint density at radius 3 is 1.00 bits per heavy atom. The minimum Gasteiger partial charge on any atom is -0.271 e. The lowest BCUT2D eigenvalue weighted by atomic mass is 9.80. The van der Waals surface area contributed by atoms with E-state index in [9.17, 15) is 19.2 Å². The molecule has 2 saturated carbocycles. The van der Waals surface area contributed by atoms with Gasteiger partial charge in [-0.05, 0) is 108 Å². The number of amides is 4. The summed E-state index contributed by atoms with van der Waals surface area (Å²) in [5, 5.41) is 6.96. The van der Waals surface area contributed by atoms with Crippen LogP contribution in [0.4, 0.5) is 0 Å².